The average molecular weight is 181 g/mol. The summed E-state index contributed by atoms with van der Waals surface area (Å²) in [5, 5.41) is 9.34. The van der Waals surface area contributed by atoms with Crippen LogP contribution in [0.5, 0.6) is 11.5 Å². The van der Waals surface area contributed by atoms with Crippen LogP contribution in [0.3, 0.4) is 0 Å². The predicted molar refractivity (Wildman–Crippen MR) is 49.0 cm³/mol. The smallest absolute Gasteiger partial charge is 0.131 e. The second kappa shape index (κ2) is 4.14. The Morgan fingerprint density at radius 3 is 2.00 bits per heavy atom. The molecule has 13 heavy (non-hydrogen) atoms. The molecule has 0 aromatic heterocycles. The SMILES string of the molecule is COc1[c]c(OC)cc(C(C)O)c1. The molecule has 1 unspecified atom stereocenters. The Balaban J connectivity index is 3.07. The van der Waals surface area contributed by atoms with Gasteiger partial charge in [-0.25, -0.2) is 0 Å². The van der Waals surface area contributed by atoms with E-state index in [1.54, 1.807) is 33.3 Å². The van der Waals surface area contributed by atoms with Crippen molar-refractivity contribution >= 4 is 0 Å². The quantitative estimate of drug-likeness (QED) is 0.769. The van der Waals surface area contributed by atoms with Gasteiger partial charge in [0.05, 0.1) is 26.4 Å². The van der Waals surface area contributed by atoms with Gasteiger partial charge in [-0.3, -0.25) is 0 Å². The second-order valence-electron chi connectivity index (χ2n) is 2.73. The fourth-order valence-electron chi connectivity index (χ4n) is 0.999. The maximum absolute atomic E-state index is 9.34. The Morgan fingerprint density at radius 1 is 1.23 bits per heavy atom. The first-order chi connectivity index (χ1) is 6.17. The van der Waals surface area contributed by atoms with Crippen molar-refractivity contribution < 1.29 is 14.6 Å². The van der Waals surface area contributed by atoms with Crippen LogP contribution in [-0.4, -0.2) is 19.3 Å². The molecule has 1 radical (unpaired) electrons. The van der Waals surface area contributed by atoms with Gasteiger partial charge in [0.2, 0.25) is 0 Å². The fraction of sp³-hybridized carbons (Fsp3) is 0.400. The monoisotopic (exact) mass is 181 g/mol. The van der Waals surface area contributed by atoms with E-state index in [0.29, 0.717) is 11.5 Å². The number of hydrogen-bond donors (Lipinski definition) is 1. The number of aliphatic hydroxyl groups excluding tert-OH is 1. The van der Waals surface area contributed by atoms with Crippen LogP contribution in [0.25, 0.3) is 0 Å². The third kappa shape index (κ3) is 2.36. The Labute approximate surface area is 77.9 Å². The van der Waals surface area contributed by atoms with E-state index in [4.69, 9.17) is 9.47 Å². The molecule has 0 fully saturated rings. The molecule has 0 spiro atoms. The Bertz CT molecular complexity index is 259. The first kappa shape index (κ1) is 9.86. The molecule has 1 atom stereocenters. The summed E-state index contributed by atoms with van der Waals surface area (Å²) in [6, 6.07) is 6.34. The molecule has 3 heteroatoms. The Morgan fingerprint density at radius 2 is 1.69 bits per heavy atom. The molecule has 0 aliphatic carbocycles. The molecule has 1 N–H and O–H groups in total. The third-order valence-corrected chi connectivity index (χ3v) is 1.76. The van der Waals surface area contributed by atoms with E-state index in [1.807, 2.05) is 0 Å². The molecule has 0 bridgehead atoms. The highest BCUT2D eigenvalue weighted by atomic mass is 16.5. The number of methoxy groups -OCH3 is 2. The number of rotatable bonds is 3. The van der Waals surface area contributed by atoms with E-state index in [1.165, 1.54) is 0 Å². The topological polar surface area (TPSA) is 38.7 Å². The van der Waals surface area contributed by atoms with Crippen LogP contribution < -0.4 is 9.47 Å². The summed E-state index contributed by atoms with van der Waals surface area (Å²) < 4.78 is 10.0. The summed E-state index contributed by atoms with van der Waals surface area (Å²) in [5.41, 5.74) is 0.757. The van der Waals surface area contributed by atoms with Gasteiger partial charge in [-0.15, -0.1) is 0 Å². The zero-order valence-corrected chi connectivity index (χ0v) is 8.00. The molecule has 3 nitrogen and oxygen atoms in total. The molecule has 1 aromatic rings. The van der Waals surface area contributed by atoms with Gasteiger partial charge in [-0.05, 0) is 24.6 Å². The second-order valence-corrected chi connectivity index (χ2v) is 2.73. The van der Waals surface area contributed by atoms with Crippen molar-refractivity contribution in [1.29, 1.82) is 0 Å². The van der Waals surface area contributed by atoms with Gasteiger partial charge < -0.3 is 14.6 Å². The number of aliphatic hydroxyl groups is 1. The van der Waals surface area contributed by atoms with Crippen molar-refractivity contribution in [2.45, 2.75) is 13.0 Å². The van der Waals surface area contributed by atoms with Crippen molar-refractivity contribution in [2.75, 3.05) is 14.2 Å². The van der Waals surface area contributed by atoms with Crippen LogP contribution in [0.1, 0.15) is 18.6 Å². The lowest BCUT2D eigenvalue weighted by Gasteiger charge is -2.09. The van der Waals surface area contributed by atoms with Crippen LogP contribution in [0.4, 0.5) is 0 Å². The van der Waals surface area contributed by atoms with Crippen LogP contribution in [0.2, 0.25) is 0 Å². The minimum absolute atomic E-state index is 0.530. The number of hydrogen-bond acceptors (Lipinski definition) is 3. The molecular weight excluding hydrogens is 168 g/mol. The average Bonchev–Trinajstić information content (AvgIpc) is 2.16. The van der Waals surface area contributed by atoms with E-state index in [-0.39, 0.29) is 0 Å². The van der Waals surface area contributed by atoms with E-state index in [2.05, 4.69) is 6.07 Å². The minimum atomic E-state index is -0.530. The lowest BCUT2D eigenvalue weighted by molar-refractivity contribution is 0.198. The highest BCUT2D eigenvalue weighted by Crippen LogP contribution is 2.25. The van der Waals surface area contributed by atoms with Crippen LogP contribution in [-0.2, 0) is 0 Å². The molecule has 1 aromatic carbocycles. The normalized spacial score (nSPS) is 12.3. The van der Waals surface area contributed by atoms with Crippen molar-refractivity contribution in [1.82, 2.24) is 0 Å². The Hall–Kier alpha value is -1.22. The first-order valence-corrected chi connectivity index (χ1v) is 4.00. The van der Waals surface area contributed by atoms with E-state index in [0.717, 1.165) is 5.56 Å². The lowest BCUT2D eigenvalue weighted by atomic mass is 10.1. The zero-order chi connectivity index (χ0) is 9.84. The van der Waals surface area contributed by atoms with Crippen molar-refractivity contribution in [2.24, 2.45) is 0 Å². The largest absolute Gasteiger partial charge is 0.496 e. The van der Waals surface area contributed by atoms with Gasteiger partial charge in [0.15, 0.2) is 0 Å². The molecule has 0 saturated carbocycles. The van der Waals surface area contributed by atoms with Crippen molar-refractivity contribution in [3.05, 3.63) is 23.8 Å². The molecule has 0 aliphatic rings. The molecular formula is C10H13O3. The summed E-state index contributed by atoms with van der Waals surface area (Å²) in [7, 11) is 3.11. The number of benzene rings is 1. The molecule has 0 amide bonds. The van der Waals surface area contributed by atoms with Gasteiger partial charge in [0, 0.05) is 0 Å². The van der Waals surface area contributed by atoms with Crippen LogP contribution in [0.15, 0.2) is 12.1 Å². The highest BCUT2D eigenvalue weighted by molar-refractivity contribution is 5.37. The van der Waals surface area contributed by atoms with Gasteiger partial charge >= 0.3 is 0 Å². The van der Waals surface area contributed by atoms with Crippen LogP contribution in [0, 0.1) is 6.07 Å². The van der Waals surface area contributed by atoms with E-state index >= 15 is 0 Å². The van der Waals surface area contributed by atoms with Gasteiger partial charge in [-0.1, -0.05) is 0 Å². The molecule has 0 heterocycles. The maximum Gasteiger partial charge on any atom is 0.131 e. The lowest BCUT2D eigenvalue weighted by Crippen LogP contribution is -1.94. The fourth-order valence-corrected chi connectivity index (χ4v) is 0.999. The molecule has 0 aliphatic heterocycles. The zero-order valence-electron chi connectivity index (χ0n) is 8.00. The summed E-state index contributed by atoms with van der Waals surface area (Å²) in [6.07, 6.45) is -0.530. The summed E-state index contributed by atoms with van der Waals surface area (Å²) in [5.74, 6) is 1.13. The molecule has 71 valence electrons. The van der Waals surface area contributed by atoms with E-state index in [9.17, 15) is 5.11 Å². The third-order valence-electron chi connectivity index (χ3n) is 1.76. The van der Waals surface area contributed by atoms with Crippen LogP contribution >= 0.6 is 0 Å². The van der Waals surface area contributed by atoms with Gasteiger partial charge in [-0.2, -0.15) is 0 Å². The standard InChI is InChI=1S/C10H13O3/c1-7(11)8-4-9(12-2)6-10(5-8)13-3/h4-5,7,11H,1-3H3. The molecule has 1 rings (SSSR count). The number of ether oxygens (including phenoxy) is 2. The van der Waals surface area contributed by atoms with Gasteiger partial charge in [0.1, 0.15) is 11.5 Å². The highest BCUT2D eigenvalue weighted by Gasteiger charge is 2.06. The summed E-state index contributed by atoms with van der Waals surface area (Å²) >= 11 is 0. The van der Waals surface area contributed by atoms with Gasteiger partial charge in [0.25, 0.3) is 0 Å². The van der Waals surface area contributed by atoms with Crippen molar-refractivity contribution in [3.8, 4) is 11.5 Å². The predicted octanol–water partition coefficient (Wildman–Crippen LogP) is 1.56. The first-order valence-electron chi connectivity index (χ1n) is 4.00. The van der Waals surface area contributed by atoms with Crippen molar-refractivity contribution in [3.63, 3.8) is 0 Å². The summed E-state index contributed by atoms with van der Waals surface area (Å²) in [4.78, 5) is 0. The maximum atomic E-state index is 9.34. The van der Waals surface area contributed by atoms with E-state index < -0.39 is 6.10 Å². The molecule has 0 saturated heterocycles. The minimum Gasteiger partial charge on any atom is -0.496 e. The summed E-state index contributed by atoms with van der Waals surface area (Å²) in [6.45, 7) is 1.69. The Kier molecular flexibility index (Phi) is 3.14.